The third kappa shape index (κ3) is 42.7. The van der Waals surface area contributed by atoms with Gasteiger partial charge in [0.15, 0.2) is 18.9 Å². The molecular formula is C83H149NO18. The van der Waals surface area contributed by atoms with Gasteiger partial charge in [-0.3, -0.25) is 4.79 Å². The summed E-state index contributed by atoms with van der Waals surface area (Å²) in [6.07, 6.45) is 55.8. The third-order valence-electron chi connectivity index (χ3n) is 20.3. The molecule has 3 heterocycles. The highest BCUT2D eigenvalue weighted by molar-refractivity contribution is 5.76. The Morgan fingerprint density at radius 3 is 1.06 bits per heavy atom. The van der Waals surface area contributed by atoms with Crippen molar-refractivity contribution in [3.63, 3.8) is 0 Å². The van der Waals surface area contributed by atoms with E-state index in [1.165, 1.54) is 199 Å². The summed E-state index contributed by atoms with van der Waals surface area (Å²) >= 11 is 0. The van der Waals surface area contributed by atoms with Crippen LogP contribution in [-0.2, 0) is 33.2 Å². The fourth-order valence-electron chi connectivity index (χ4n) is 13.7. The summed E-state index contributed by atoms with van der Waals surface area (Å²) in [5.74, 6) is -0.238. The van der Waals surface area contributed by atoms with Gasteiger partial charge in [-0.05, 0) is 64.2 Å². The number of nitrogens with one attached hydrogen (secondary N) is 1. The predicted molar refractivity (Wildman–Crippen MR) is 406 cm³/mol. The van der Waals surface area contributed by atoms with Gasteiger partial charge in [0.1, 0.15) is 73.2 Å². The maximum absolute atomic E-state index is 13.5. The van der Waals surface area contributed by atoms with Gasteiger partial charge in [0.2, 0.25) is 5.91 Å². The first-order valence-electron chi connectivity index (χ1n) is 41.2. The number of carbonyl (C=O) groups is 1. The highest BCUT2D eigenvalue weighted by Crippen LogP contribution is 2.33. The molecule has 19 heteroatoms. The first-order valence-corrected chi connectivity index (χ1v) is 41.2. The van der Waals surface area contributed by atoms with Crippen LogP contribution in [-0.4, -0.2) is 193 Å². The molecule has 0 spiro atoms. The average Bonchev–Trinajstić information content (AvgIpc) is 0.755. The minimum atomic E-state index is -1.97. The molecule has 3 fully saturated rings. The lowest BCUT2D eigenvalue weighted by atomic mass is 9.96. The lowest BCUT2D eigenvalue weighted by Gasteiger charge is -2.48. The molecule has 17 unspecified atom stereocenters. The van der Waals surface area contributed by atoms with Gasteiger partial charge in [0, 0.05) is 6.42 Å². The van der Waals surface area contributed by atoms with Gasteiger partial charge < -0.3 is 89.9 Å². The average molecular weight is 1450 g/mol. The molecule has 3 aliphatic rings. The molecule has 0 saturated carbocycles. The van der Waals surface area contributed by atoms with Crippen LogP contribution in [0.4, 0.5) is 0 Å². The van der Waals surface area contributed by atoms with E-state index in [9.17, 15) is 61.0 Å². The molecule has 3 aliphatic heterocycles. The van der Waals surface area contributed by atoms with Gasteiger partial charge in [-0.1, -0.05) is 318 Å². The van der Waals surface area contributed by atoms with Crippen LogP contribution in [0.15, 0.2) is 72.9 Å². The van der Waals surface area contributed by atoms with Gasteiger partial charge in [0.05, 0.1) is 38.6 Å². The highest BCUT2D eigenvalue weighted by Gasteiger charge is 2.54. The fourth-order valence-corrected chi connectivity index (χ4v) is 13.7. The third-order valence-corrected chi connectivity index (χ3v) is 20.3. The topological polar surface area (TPSA) is 307 Å². The number of aliphatic hydroxyl groups is 11. The molecule has 19 nitrogen and oxygen atoms in total. The van der Waals surface area contributed by atoms with E-state index in [0.717, 1.165) is 83.5 Å². The van der Waals surface area contributed by atoms with Crippen molar-refractivity contribution in [1.82, 2.24) is 5.32 Å². The molecular weight excluding hydrogens is 1300 g/mol. The SMILES string of the molecule is CC/C=C\C/C=C\C/C=C\C/C=C\C/C=C\C/C=C\CCCCCCCCCCCCCCCCCCCCCCCCC(=O)NC(COC1OC(CO)C(OC2OC(CO)C(OC3OC(CO)C(O)C(O)C3O)C(O)C2O)C(O)C1O)C(O)CCCCCCCCCCCCCCCCCC. The van der Waals surface area contributed by atoms with Crippen LogP contribution in [0.2, 0.25) is 0 Å². The number of allylic oxidation sites excluding steroid dienone is 12. The Kier molecular flexibility index (Phi) is 57.9. The Morgan fingerprint density at radius 1 is 0.363 bits per heavy atom. The van der Waals surface area contributed by atoms with E-state index < -0.39 is 124 Å². The Labute approximate surface area is 617 Å². The van der Waals surface area contributed by atoms with Crippen LogP contribution in [0, 0.1) is 0 Å². The number of rotatable bonds is 65. The van der Waals surface area contributed by atoms with Crippen molar-refractivity contribution in [1.29, 1.82) is 0 Å². The second-order valence-corrected chi connectivity index (χ2v) is 29.2. The van der Waals surface area contributed by atoms with E-state index in [1.54, 1.807) is 0 Å². The number of aliphatic hydroxyl groups excluding tert-OH is 11. The first kappa shape index (κ1) is 93.4. The lowest BCUT2D eigenvalue weighted by molar-refractivity contribution is -0.379. The molecule has 0 aliphatic carbocycles. The summed E-state index contributed by atoms with van der Waals surface area (Å²) in [6, 6.07) is -0.888. The zero-order valence-corrected chi connectivity index (χ0v) is 63.6. The summed E-state index contributed by atoms with van der Waals surface area (Å²) < 4.78 is 34.5. The first-order chi connectivity index (χ1) is 49.8. The summed E-state index contributed by atoms with van der Waals surface area (Å²) in [5.41, 5.74) is 0. The summed E-state index contributed by atoms with van der Waals surface area (Å²) in [7, 11) is 0. The number of hydrogen-bond acceptors (Lipinski definition) is 18. The van der Waals surface area contributed by atoms with E-state index in [2.05, 4.69) is 92.1 Å². The van der Waals surface area contributed by atoms with Gasteiger partial charge in [0.25, 0.3) is 0 Å². The smallest absolute Gasteiger partial charge is 0.220 e. The number of amides is 1. The summed E-state index contributed by atoms with van der Waals surface area (Å²) in [6.45, 7) is 1.71. The molecule has 3 rings (SSSR count). The molecule has 0 aromatic carbocycles. The second kappa shape index (κ2) is 63.2. The Morgan fingerprint density at radius 2 is 0.676 bits per heavy atom. The molecule has 0 bridgehead atoms. The zero-order valence-electron chi connectivity index (χ0n) is 63.6. The van der Waals surface area contributed by atoms with Crippen LogP contribution in [0.3, 0.4) is 0 Å². The fraction of sp³-hybridized carbons (Fsp3) is 0.843. The molecule has 0 aromatic rings. The van der Waals surface area contributed by atoms with Crippen LogP contribution >= 0.6 is 0 Å². The quantitative estimate of drug-likeness (QED) is 0.0199. The predicted octanol–water partition coefficient (Wildman–Crippen LogP) is 14.0. The minimum absolute atomic E-state index is 0.238. The Balaban J connectivity index is 1.28. The van der Waals surface area contributed by atoms with Crippen molar-refractivity contribution in [3.8, 4) is 0 Å². The standard InChI is InChI=1S/C83H149NO18/c1-3-5-7-9-11-13-15-17-19-21-22-23-24-25-26-27-28-29-30-31-32-33-34-35-36-37-38-39-40-41-42-43-44-45-47-49-51-53-55-57-59-61-71(89)84-66(67(88)60-58-56-54-52-50-48-46-20-18-16-14-12-10-8-6-4-2)65-97-81-77(95)74(92)79(69(63-86)99-81)102-83-78(96)75(93)80(70(64-87)100-83)101-82-76(94)73(91)72(90)68(62-85)98-82/h5,7,11,13,17,19,22-23,25-26,28-29,66-70,72-83,85-88,90-96H,3-4,6,8-10,12,14-16,18,20-21,24,27,30-65H2,1-2H3,(H,84,89)/b7-5-,13-11-,19-17-,23-22-,26-25-,29-28-. The van der Waals surface area contributed by atoms with Crippen LogP contribution < -0.4 is 5.32 Å². The Bertz CT molecular complexity index is 2120. The molecule has 3 saturated heterocycles. The maximum Gasteiger partial charge on any atom is 0.220 e. The highest BCUT2D eigenvalue weighted by atomic mass is 16.8. The molecule has 0 radical (unpaired) electrons. The van der Waals surface area contributed by atoms with E-state index in [-0.39, 0.29) is 18.9 Å². The van der Waals surface area contributed by atoms with Gasteiger partial charge >= 0.3 is 0 Å². The van der Waals surface area contributed by atoms with Crippen LogP contribution in [0.5, 0.6) is 0 Å². The number of unbranched alkanes of at least 4 members (excludes halogenated alkanes) is 37. The lowest BCUT2D eigenvalue weighted by Crippen LogP contribution is -2.66. The number of hydrogen-bond donors (Lipinski definition) is 12. The summed E-state index contributed by atoms with van der Waals surface area (Å²) in [4.78, 5) is 13.5. The molecule has 17 atom stereocenters. The molecule has 12 N–H and O–H groups in total. The van der Waals surface area contributed by atoms with Gasteiger partial charge in [-0.25, -0.2) is 0 Å². The van der Waals surface area contributed by atoms with E-state index in [4.69, 9.17) is 28.4 Å². The van der Waals surface area contributed by atoms with Gasteiger partial charge in [-0.15, -0.1) is 0 Å². The number of ether oxygens (including phenoxy) is 6. The van der Waals surface area contributed by atoms with Crippen molar-refractivity contribution < 1.29 is 89.4 Å². The molecule has 1 amide bonds. The van der Waals surface area contributed by atoms with Crippen molar-refractivity contribution >= 4 is 5.91 Å². The van der Waals surface area contributed by atoms with E-state index in [1.807, 2.05) is 0 Å². The minimum Gasteiger partial charge on any atom is -0.394 e. The largest absolute Gasteiger partial charge is 0.394 e. The molecule has 594 valence electrons. The van der Waals surface area contributed by atoms with Crippen molar-refractivity contribution in [2.75, 3.05) is 26.4 Å². The molecule has 0 aromatic heterocycles. The van der Waals surface area contributed by atoms with Gasteiger partial charge in [-0.2, -0.15) is 0 Å². The number of carbonyl (C=O) groups excluding carboxylic acids is 1. The summed E-state index contributed by atoms with van der Waals surface area (Å²) in [5, 5.41) is 121. The monoisotopic (exact) mass is 1450 g/mol. The normalized spacial score (nSPS) is 26.5. The Hall–Kier alpha value is -2.77. The van der Waals surface area contributed by atoms with Crippen molar-refractivity contribution in [2.45, 2.75) is 420 Å². The second-order valence-electron chi connectivity index (χ2n) is 29.2. The van der Waals surface area contributed by atoms with Crippen molar-refractivity contribution in [3.05, 3.63) is 72.9 Å². The van der Waals surface area contributed by atoms with E-state index in [0.29, 0.717) is 12.8 Å². The molecule has 102 heavy (non-hydrogen) atoms. The van der Waals surface area contributed by atoms with Crippen LogP contribution in [0.1, 0.15) is 316 Å². The van der Waals surface area contributed by atoms with Crippen LogP contribution in [0.25, 0.3) is 0 Å². The van der Waals surface area contributed by atoms with E-state index >= 15 is 0 Å². The zero-order chi connectivity index (χ0) is 73.9. The maximum atomic E-state index is 13.5. The van der Waals surface area contributed by atoms with Crippen molar-refractivity contribution in [2.24, 2.45) is 0 Å².